The van der Waals surface area contributed by atoms with Crippen molar-refractivity contribution < 1.29 is 22.8 Å². The van der Waals surface area contributed by atoms with Gasteiger partial charge in [0.2, 0.25) is 0 Å². The van der Waals surface area contributed by atoms with Gasteiger partial charge in [0.1, 0.15) is 0 Å². The fourth-order valence-electron chi connectivity index (χ4n) is 2.79. The molecular formula is C18H15F3N2O2. The van der Waals surface area contributed by atoms with Crippen LogP contribution >= 0.6 is 0 Å². The normalized spacial score (nSPS) is 14.0. The van der Waals surface area contributed by atoms with E-state index < -0.39 is 23.6 Å². The lowest BCUT2D eigenvalue weighted by Crippen LogP contribution is -2.42. The van der Waals surface area contributed by atoms with E-state index in [1.807, 2.05) is 12.1 Å². The van der Waals surface area contributed by atoms with E-state index in [1.165, 1.54) is 4.90 Å². The molecule has 2 aromatic rings. The van der Waals surface area contributed by atoms with Crippen molar-refractivity contribution in [1.82, 2.24) is 0 Å². The quantitative estimate of drug-likeness (QED) is 0.800. The molecular weight excluding hydrogens is 333 g/mol. The minimum atomic E-state index is -4.45. The number of para-hydroxylation sites is 1. The van der Waals surface area contributed by atoms with Crippen LogP contribution < -0.4 is 10.2 Å². The van der Waals surface area contributed by atoms with E-state index in [0.717, 1.165) is 42.7 Å². The minimum absolute atomic E-state index is 0.136. The summed E-state index contributed by atoms with van der Waals surface area (Å²) >= 11 is 0. The van der Waals surface area contributed by atoms with Crippen LogP contribution in [0.4, 0.5) is 24.5 Å². The monoisotopic (exact) mass is 348 g/mol. The van der Waals surface area contributed by atoms with Crippen LogP contribution in [0, 0.1) is 0 Å². The zero-order chi connectivity index (χ0) is 18.0. The number of aryl methyl sites for hydroxylation is 1. The predicted octanol–water partition coefficient (Wildman–Crippen LogP) is 3.62. The molecule has 3 rings (SSSR count). The number of nitrogens with zero attached hydrogens (tertiary/aromatic N) is 1. The van der Waals surface area contributed by atoms with Gasteiger partial charge in [-0.1, -0.05) is 18.2 Å². The van der Waals surface area contributed by atoms with Crippen LogP contribution in [0.5, 0.6) is 0 Å². The minimum Gasteiger partial charge on any atom is -0.318 e. The lowest BCUT2D eigenvalue weighted by molar-refractivity contribution is -0.137. The second-order valence-corrected chi connectivity index (χ2v) is 5.72. The van der Waals surface area contributed by atoms with E-state index in [2.05, 4.69) is 5.32 Å². The fraction of sp³-hybridized carbons (Fsp3) is 0.222. The van der Waals surface area contributed by atoms with Gasteiger partial charge in [-0.05, 0) is 48.7 Å². The number of carbonyl (C=O) groups excluding carboxylic acids is 2. The topological polar surface area (TPSA) is 49.4 Å². The van der Waals surface area contributed by atoms with E-state index in [-0.39, 0.29) is 5.69 Å². The molecule has 1 N–H and O–H groups in total. The first kappa shape index (κ1) is 17.0. The highest BCUT2D eigenvalue weighted by molar-refractivity contribution is 6.44. The summed E-state index contributed by atoms with van der Waals surface area (Å²) < 4.78 is 37.6. The van der Waals surface area contributed by atoms with Crippen molar-refractivity contribution >= 4 is 23.2 Å². The molecule has 130 valence electrons. The Bertz CT molecular complexity index is 801. The van der Waals surface area contributed by atoms with Crippen LogP contribution in [0.15, 0.2) is 48.5 Å². The van der Waals surface area contributed by atoms with Crippen molar-refractivity contribution in [1.29, 1.82) is 0 Å². The van der Waals surface area contributed by atoms with Crippen LogP contribution in [-0.4, -0.2) is 18.4 Å². The van der Waals surface area contributed by atoms with E-state index >= 15 is 0 Å². The Kier molecular flexibility index (Phi) is 4.48. The largest absolute Gasteiger partial charge is 0.416 e. The summed E-state index contributed by atoms with van der Waals surface area (Å²) in [6, 6.07) is 11.3. The molecule has 2 amide bonds. The van der Waals surface area contributed by atoms with Gasteiger partial charge >= 0.3 is 18.0 Å². The molecule has 0 aromatic heterocycles. The summed E-state index contributed by atoms with van der Waals surface area (Å²) in [5.74, 6) is -1.61. The van der Waals surface area contributed by atoms with Crippen molar-refractivity contribution in [2.75, 3.05) is 16.8 Å². The number of halogens is 3. The maximum atomic E-state index is 12.5. The molecule has 0 fully saturated rings. The SMILES string of the molecule is O=C(Nc1ccc(C(F)(F)F)cc1)C(=O)N1CCCc2ccccc21. The number of carbonyl (C=O) groups is 2. The molecule has 0 spiro atoms. The maximum absolute atomic E-state index is 12.5. The average Bonchev–Trinajstić information content (AvgIpc) is 2.60. The second kappa shape index (κ2) is 6.58. The molecule has 0 aliphatic carbocycles. The number of rotatable bonds is 1. The maximum Gasteiger partial charge on any atom is 0.416 e. The van der Waals surface area contributed by atoms with Crippen molar-refractivity contribution in [2.24, 2.45) is 0 Å². The smallest absolute Gasteiger partial charge is 0.318 e. The number of amides is 2. The third-order valence-electron chi connectivity index (χ3n) is 4.02. The zero-order valence-corrected chi connectivity index (χ0v) is 13.1. The number of nitrogens with one attached hydrogen (secondary N) is 1. The van der Waals surface area contributed by atoms with Gasteiger partial charge in [0.25, 0.3) is 0 Å². The number of hydrogen-bond acceptors (Lipinski definition) is 2. The van der Waals surface area contributed by atoms with Crippen molar-refractivity contribution in [3.8, 4) is 0 Å². The Hall–Kier alpha value is -2.83. The number of alkyl halides is 3. The van der Waals surface area contributed by atoms with Crippen molar-refractivity contribution in [3.05, 3.63) is 59.7 Å². The van der Waals surface area contributed by atoms with E-state index in [0.29, 0.717) is 12.2 Å². The van der Waals surface area contributed by atoms with Crippen LogP contribution in [0.3, 0.4) is 0 Å². The lowest BCUT2D eigenvalue weighted by Gasteiger charge is -2.28. The summed E-state index contributed by atoms with van der Waals surface area (Å²) in [4.78, 5) is 26.0. The highest BCUT2D eigenvalue weighted by Gasteiger charge is 2.30. The summed E-state index contributed by atoms with van der Waals surface area (Å²) in [6.45, 7) is 0.427. The van der Waals surface area contributed by atoms with E-state index in [4.69, 9.17) is 0 Å². The third-order valence-corrected chi connectivity index (χ3v) is 4.02. The molecule has 1 aliphatic rings. The van der Waals surface area contributed by atoms with Gasteiger partial charge in [-0.3, -0.25) is 9.59 Å². The second-order valence-electron chi connectivity index (χ2n) is 5.72. The van der Waals surface area contributed by atoms with Crippen LogP contribution in [-0.2, 0) is 22.2 Å². The molecule has 25 heavy (non-hydrogen) atoms. The standard InChI is InChI=1S/C18H15F3N2O2/c19-18(20,21)13-7-9-14(10-8-13)22-16(24)17(25)23-11-3-5-12-4-1-2-6-15(12)23/h1-2,4,6-10H,3,5,11H2,(H,22,24). The van der Waals surface area contributed by atoms with Gasteiger partial charge in [-0.2, -0.15) is 13.2 Å². The molecule has 0 unspecified atom stereocenters. The highest BCUT2D eigenvalue weighted by Crippen LogP contribution is 2.30. The Morgan fingerprint density at radius 3 is 2.36 bits per heavy atom. The van der Waals surface area contributed by atoms with Crippen LogP contribution in [0.1, 0.15) is 17.5 Å². The van der Waals surface area contributed by atoms with Crippen LogP contribution in [0.25, 0.3) is 0 Å². The molecule has 2 aromatic carbocycles. The van der Waals surface area contributed by atoms with Gasteiger partial charge in [0, 0.05) is 17.9 Å². The van der Waals surface area contributed by atoms with Gasteiger partial charge in [-0.15, -0.1) is 0 Å². The summed E-state index contributed by atoms with van der Waals surface area (Å²) in [5, 5.41) is 2.35. The number of anilines is 2. The van der Waals surface area contributed by atoms with Gasteiger partial charge in [0.05, 0.1) is 5.56 Å². The van der Waals surface area contributed by atoms with E-state index in [9.17, 15) is 22.8 Å². The van der Waals surface area contributed by atoms with Gasteiger partial charge in [0.15, 0.2) is 0 Å². The average molecular weight is 348 g/mol. The van der Waals surface area contributed by atoms with Crippen molar-refractivity contribution in [2.45, 2.75) is 19.0 Å². The van der Waals surface area contributed by atoms with Gasteiger partial charge in [-0.25, -0.2) is 0 Å². The molecule has 4 nitrogen and oxygen atoms in total. The molecule has 1 aliphatic heterocycles. The fourth-order valence-corrected chi connectivity index (χ4v) is 2.79. The molecule has 0 bridgehead atoms. The molecule has 7 heteroatoms. The molecule has 0 saturated carbocycles. The third kappa shape index (κ3) is 3.65. The van der Waals surface area contributed by atoms with Crippen LogP contribution in [0.2, 0.25) is 0 Å². The molecule has 0 radical (unpaired) electrons. The van der Waals surface area contributed by atoms with Gasteiger partial charge < -0.3 is 10.2 Å². The Balaban J connectivity index is 1.73. The number of fused-ring (bicyclic) bond motifs is 1. The predicted molar refractivity (Wildman–Crippen MR) is 87.2 cm³/mol. The first-order valence-electron chi connectivity index (χ1n) is 7.74. The first-order valence-corrected chi connectivity index (χ1v) is 7.74. The van der Waals surface area contributed by atoms with Crippen molar-refractivity contribution in [3.63, 3.8) is 0 Å². The first-order chi connectivity index (χ1) is 11.9. The number of benzene rings is 2. The highest BCUT2D eigenvalue weighted by atomic mass is 19.4. The molecule has 0 saturated heterocycles. The molecule has 0 atom stereocenters. The zero-order valence-electron chi connectivity index (χ0n) is 13.1. The summed E-state index contributed by atoms with van der Waals surface area (Å²) in [7, 11) is 0. The molecule has 1 heterocycles. The van der Waals surface area contributed by atoms with E-state index in [1.54, 1.807) is 12.1 Å². The lowest BCUT2D eigenvalue weighted by atomic mass is 10.0. The summed E-state index contributed by atoms with van der Waals surface area (Å²) in [6.07, 6.45) is -2.87. The Morgan fingerprint density at radius 1 is 1.00 bits per heavy atom. The Labute approximate surface area is 142 Å². The number of hydrogen-bond donors (Lipinski definition) is 1. The summed E-state index contributed by atoms with van der Waals surface area (Å²) in [5.41, 5.74) is 1.00. The Morgan fingerprint density at radius 2 is 1.68 bits per heavy atom.